The number of hydrogen-bond acceptors (Lipinski definition) is 7. The lowest BCUT2D eigenvalue weighted by Gasteiger charge is -2.13. The second-order valence-corrected chi connectivity index (χ2v) is 8.18. The second-order valence-electron chi connectivity index (χ2n) is 7.40. The Morgan fingerprint density at radius 3 is 2.66 bits per heavy atom. The summed E-state index contributed by atoms with van der Waals surface area (Å²) in [5.41, 5.74) is 1.51. The standard InChI is InChI=1S/C24H19Cl2FN4O4/c25-7-2-8-34-23-12-20-18(11-21(23)31(32)33)24(29-14-28-20)30-17-5-6-22(19(26)10-17)35-13-15-3-1-4-16(27)9-15/h1,3-6,9-12,14H,2,7-8,13H2,(H,28,29,30). The van der Waals surface area contributed by atoms with Gasteiger partial charge in [0.25, 0.3) is 0 Å². The Hall–Kier alpha value is -3.69. The third-order valence-electron chi connectivity index (χ3n) is 4.93. The molecule has 4 rings (SSSR count). The molecule has 8 nitrogen and oxygen atoms in total. The Morgan fingerprint density at radius 1 is 1.06 bits per heavy atom. The lowest BCUT2D eigenvalue weighted by molar-refractivity contribution is -0.385. The molecule has 1 N–H and O–H groups in total. The van der Waals surface area contributed by atoms with Gasteiger partial charge in [-0.2, -0.15) is 0 Å². The highest BCUT2D eigenvalue weighted by atomic mass is 35.5. The van der Waals surface area contributed by atoms with Crippen molar-refractivity contribution in [3.05, 3.63) is 87.4 Å². The van der Waals surface area contributed by atoms with Crippen LogP contribution in [0.5, 0.6) is 11.5 Å². The van der Waals surface area contributed by atoms with Crippen LogP contribution in [0.2, 0.25) is 5.02 Å². The number of halogens is 3. The van der Waals surface area contributed by atoms with Crippen LogP contribution in [0, 0.1) is 15.9 Å². The number of anilines is 2. The zero-order valence-electron chi connectivity index (χ0n) is 18.2. The van der Waals surface area contributed by atoms with Crippen molar-refractivity contribution >= 4 is 51.3 Å². The summed E-state index contributed by atoms with van der Waals surface area (Å²) in [6, 6.07) is 14.0. The molecule has 180 valence electrons. The fourth-order valence-electron chi connectivity index (χ4n) is 3.29. The van der Waals surface area contributed by atoms with Crippen molar-refractivity contribution in [2.24, 2.45) is 0 Å². The largest absolute Gasteiger partial charge is 0.487 e. The van der Waals surface area contributed by atoms with Crippen LogP contribution in [-0.2, 0) is 6.61 Å². The summed E-state index contributed by atoms with van der Waals surface area (Å²) in [6.45, 7) is 0.401. The van der Waals surface area contributed by atoms with Gasteiger partial charge in [0.2, 0.25) is 0 Å². The van der Waals surface area contributed by atoms with Gasteiger partial charge in [-0.15, -0.1) is 11.6 Å². The highest BCUT2D eigenvalue weighted by Gasteiger charge is 2.19. The lowest BCUT2D eigenvalue weighted by Crippen LogP contribution is -2.03. The first-order valence-electron chi connectivity index (χ1n) is 10.5. The Labute approximate surface area is 209 Å². The van der Waals surface area contributed by atoms with Crippen LogP contribution < -0.4 is 14.8 Å². The average molecular weight is 517 g/mol. The maximum absolute atomic E-state index is 13.4. The molecule has 0 amide bonds. The van der Waals surface area contributed by atoms with Gasteiger partial charge in [-0.1, -0.05) is 23.7 Å². The lowest BCUT2D eigenvalue weighted by atomic mass is 10.2. The summed E-state index contributed by atoms with van der Waals surface area (Å²) in [7, 11) is 0. The number of hydrogen-bond donors (Lipinski definition) is 1. The van der Waals surface area contributed by atoms with Crippen LogP contribution in [0.15, 0.2) is 60.9 Å². The summed E-state index contributed by atoms with van der Waals surface area (Å²) in [4.78, 5) is 19.5. The van der Waals surface area contributed by atoms with Crippen LogP contribution >= 0.6 is 23.2 Å². The van der Waals surface area contributed by atoms with E-state index < -0.39 is 4.92 Å². The van der Waals surface area contributed by atoms with Crippen molar-refractivity contribution in [2.45, 2.75) is 13.0 Å². The molecule has 4 aromatic rings. The molecule has 0 saturated heterocycles. The average Bonchev–Trinajstić information content (AvgIpc) is 2.83. The number of fused-ring (bicyclic) bond motifs is 1. The minimum atomic E-state index is -0.520. The molecule has 0 fully saturated rings. The van der Waals surface area contributed by atoms with Gasteiger partial charge < -0.3 is 14.8 Å². The molecular weight excluding hydrogens is 498 g/mol. The minimum Gasteiger partial charge on any atom is -0.487 e. The van der Waals surface area contributed by atoms with E-state index in [2.05, 4.69) is 15.3 Å². The first-order chi connectivity index (χ1) is 16.9. The van der Waals surface area contributed by atoms with E-state index in [4.69, 9.17) is 32.7 Å². The molecule has 0 unspecified atom stereocenters. The number of benzene rings is 3. The quantitative estimate of drug-likeness (QED) is 0.109. The number of nitrogens with zero attached hydrogens (tertiary/aromatic N) is 3. The van der Waals surface area contributed by atoms with Gasteiger partial charge in [0, 0.05) is 23.7 Å². The third kappa shape index (κ3) is 6.06. The van der Waals surface area contributed by atoms with Gasteiger partial charge in [-0.25, -0.2) is 14.4 Å². The Kier molecular flexibility index (Phi) is 7.79. The van der Waals surface area contributed by atoms with E-state index in [1.807, 2.05) is 0 Å². The first-order valence-corrected chi connectivity index (χ1v) is 11.4. The minimum absolute atomic E-state index is 0.111. The molecule has 3 aromatic carbocycles. The van der Waals surface area contributed by atoms with Gasteiger partial charge in [-0.3, -0.25) is 10.1 Å². The number of aromatic nitrogens is 2. The van der Waals surface area contributed by atoms with E-state index in [0.29, 0.717) is 51.0 Å². The second kappa shape index (κ2) is 11.2. The van der Waals surface area contributed by atoms with Gasteiger partial charge in [0.15, 0.2) is 5.75 Å². The highest BCUT2D eigenvalue weighted by Crippen LogP contribution is 2.36. The number of nitro groups is 1. The summed E-state index contributed by atoms with van der Waals surface area (Å²) in [5.74, 6) is 0.927. The summed E-state index contributed by atoms with van der Waals surface area (Å²) >= 11 is 12.0. The van der Waals surface area contributed by atoms with E-state index in [1.165, 1.54) is 30.6 Å². The molecule has 1 aromatic heterocycles. The number of nitrogens with one attached hydrogen (secondary N) is 1. The Morgan fingerprint density at radius 2 is 1.91 bits per heavy atom. The highest BCUT2D eigenvalue weighted by molar-refractivity contribution is 6.32. The van der Waals surface area contributed by atoms with Crippen LogP contribution in [0.25, 0.3) is 10.9 Å². The molecule has 0 aliphatic carbocycles. The molecule has 0 bridgehead atoms. The molecule has 0 saturated carbocycles. The molecule has 11 heteroatoms. The van der Waals surface area contributed by atoms with Crippen LogP contribution in [0.1, 0.15) is 12.0 Å². The molecule has 0 radical (unpaired) electrons. The third-order valence-corrected chi connectivity index (χ3v) is 5.49. The van der Waals surface area contributed by atoms with Crippen molar-refractivity contribution in [1.82, 2.24) is 9.97 Å². The summed E-state index contributed by atoms with van der Waals surface area (Å²) in [5, 5.41) is 15.5. The van der Waals surface area contributed by atoms with Crippen molar-refractivity contribution in [3.63, 3.8) is 0 Å². The van der Waals surface area contributed by atoms with Crippen LogP contribution in [0.4, 0.5) is 21.6 Å². The maximum Gasteiger partial charge on any atom is 0.311 e. The van der Waals surface area contributed by atoms with Crippen molar-refractivity contribution < 1.29 is 18.8 Å². The normalized spacial score (nSPS) is 10.8. The summed E-state index contributed by atoms with van der Waals surface area (Å²) < 4.78 is 24.6. The monoisotopic (exact) mass is 516 g/mol. The number of nitro benzene ring substituents is 1. The topological polar surface area (TPSA) is 99.4 Å². The Bertz CT molecular complexity index is 1370. The molecule has 0 spiro atoms. The molecule has 0 aliphatic heterocycles. The van der Waals surface area contributed by atoms with E-state index in [9.17, 15) is 14.5 Å². The van der Waals surface area contributed by atoms with Crippen LogP contribution in [-0.4, -0.2) is 27.4 Å². The van der Waals surface area contributed by atoms with Crippen molar-refractivity contribution in [1.29, 1.82) is 0 Å². The predicted molar refractivity (Wildman–Crippen MR) is 132 cm³/mol. The van der Waals surface area contributed by atoms with Gasteiger partial charge in [0.05, 0.1) is 27.5 Å². The molecule has 0 atom stereocenters. The number of ether oxygens (including phenoxy) is 2. The predicted octanol–water partition coefficient (Wildman–Crippen LogP) is 6.66. The molecule has 35 heavy (non-hydrogen) atoms. The van der Waals surface area contributed by atoms with Crippen LogP contribution in [0.3, 0.4) is 0 Å². The molecule has 0 aliphatic rings. The smallest absolute Gasteiger partial charge is 0.311 e. The number of rotatable bonds is 10. The van der Waals surface area contributed by atoms with Gasteiger partial charge in [0.1, 0.15) is 30.3 Å². The zero-order valence-corrected chi connectivity index (χ0v) is 19.7. The molecular formula is C24H19Cl2FN4O4. The fraction of sp³-hybridized carbons (Fsp3) is 0.167. The van der Waals surface area contributed by atoms with Crippen molar-refractivity contribution in [2.75, 3.05) is 17.8 Å². The Balaban J connectivity index is 1.56. The summed E-state index contributed by atoms with van der Waals surface area (Å²) in [6.07, 6.45) is 1.90. The van der Waals surface area contributed by atoms with Gasteiger partial charge >= 0.3 is 5.69 Å². The van der Waals surface area contributed by atoms with E-state index >= 15 is 0 Å². The van der Waals surface area contributed by atoms with E-state index in [0.717, 1.165) is 0 Å². The molecule has 1 heterocycles. The first kappa shape index (κ1) is 24.4. The number of alkyl halides is 1. The van der Waals surface area contributed by atoms with E-state index in [-0.39, 0.29) is 30.5 Å². The fourth-order valence-corrected chi connectivity index (χ4v) is 3.63. The van der Waals surface area contributed by atoms with E-state index in [1.54, 1.807) is 30.3 Å². The van der Waals surface area contributed by atoms with Crippen molar-refractivity contribution in [3.8, 4) is 11.5 Å². The maximum atomic E-state index is 13.4. The van der Waals surface area contributed by atoms with Gasteiger partial charge in [-0.05, 0) is 42.3 Å². The SMILES string of the molecule is O=[N+]([O-])c1cc2c(Nc3ccc(OCc4cccc(F)c4)c(Cl)c3)ncnc2cc1OCCCCl. The zero-order chi connectivity index (χ0) is 24.8.